The highest BCUT2D eigenvalue weighted by Crippen LogP contribution is 2.40. The molecule has 2 aromatic heterocycles. The smallest absolute Gasteiger partial charge is 0.217 e. The predicted molar refractivity (Wildman–Crippen MR) is 146 cm³/mol. The number of hydrogen-bond donors (Lipinski definition) is 0. The summed E-state index contributed by atoms with van der Waals surface area (Å²) in [7, 11) is 0. The van der Waals surface area contributed by atoms with Gasteiger partial charge in [-0.25, -0.2) is 9.97 Å². The molecule has 0 aliphatic heterocycles. The van der Waals surface area contributed by atoms with Crippen LogP contribution < -0.4 is 0 Å². The van der Waals surface area contributed by atoms with Gasteiger partial charge in [0.25, 0.3) is 0 Å². The van der Waals surface area contributed by atoms with E-state index in [0.29, 0.717) is 0 Å². The third-order valence-electron chi connectivity index (χ3n) is 6.45. The fraction of sp³-hybridized carbons (Fsp3) is 0. The molecule has 0 saturated heterocycles. The summed E-state index contributed by atoms with van der Waals surface area (Å²) in [5.74, 6) is 0. The van der Waals surface area contributed by atoms with Gasteiger partial charge in [0.1, 0.15) is 4.83 Å². The molecule has 0 spiro atoms. The van der Waals surface area contributed by atoms with E-state index in [1.165, 1.54) is 42.8 Å². The number of halogens is 1. The summed E-state index contributed by atoms with van der Waals surface area (Å²) < 4.78 is 1.19. The molecule has 0 atom stereocenters. The van der Waals surface area contributed by atoms with E-state index >= 15 is 0 Å². The van der Waals surface area contributed by atoms with Crippen LogP contribution in [0, 0.1) is 0 Å². The molecule has 7 aromatic rings. The normalized spacial score (nSPS) is 11.7. The quantitative estimate of drug-likeness (QED) is 0.185. The number of benzene rings is 5. The first-order valence-corrected chi connectivity index (χ1v) is 12.3. The summed E-state index contributed by atoms with van der Waals surface area (Å²) in [6.07, 6.45) is 0. The van der Waals surface area contributed by atoms with Crippen molar-refractivity contribution in [2.24, 2.45) is 0 Å². The van der Waals surface area contributed by atoms with Crippen LogP contribution in [-0.2, 0) is 0 Å². The largest absolute Gasteiger partial charge is 0.224 e. The van der Waals surface area contributed by atoms with Crippen molar-refractivity contribution < 1.29 is 0 Å². The predicted octanol–water partition coefficient (Wildman–Crippen LogP) is 9.14. The van der Waals surface area contributed by atoms with E-state index in [9.17, 15) is 0 Å². The second kappa shape index (κ2) is 7.63. The zero-order valence-corrected chi connectivity index (χ0v) is 19.6. The minimum absolute atomic E-state index is 0.277. The molecule has 0 fully saturated rings. The van der Waals surface area contributed by atoms with Crippen molar-refractivity contribution in [1.82, 2.24) is 9.97 Å². The van der Waals surface area contributed by atoms with Crippen molar-refractivity contribution in [1.29, 1.82) is 0 Å². The van der Waals surface area contributed by atoms with E-state index < -0.39 is 0 Å². The second-order valence-electron chi connectivity index (χ2n) is 8.39. The monoisotopic (exact) mass is 472 g/mol. The van der Waals surface area contributed by atoms with Crippen LogP contribution >= 0.6 is 22.9 Å². The minimum atomic E-state index is 0.277. The molecule has 0 unspecified atom stereocenters. The molecule has 4 heteroatoms. The van der Waals surface area contributed by atoms with Gasteiger partial charge in [0.15, 0.2) is 0 Å². The summed E-state index contributed by atoms with van der Waals surface area (Å²) in [6.45, 7) is 0. The first kappa shape index (κ1) is 19.7. The standard InChI is InChI=1S/C30H17ClN2S/c31-30-32-28(27-24-11-5-6-12-26(24)34-29(27)33-30)19-15-13-18(14-16-19)25-17-20-7-1-2-8-21(20)22-9-3-4-10-23(22)25/h1-17H. The van der Waals surface area contributed by atoms with Crippen molar-refractivity contribution in [3.05, 3.63) is 108 Å². The van der Waals surface area contributed by atoms with Gasteiger partial charge in [-0.2, -0.15) is 0 Å². The lowest BCUT2D eigenvalue weighted by Crippen LogP contribution is -1.90. The molecule has 5 aromatic carbocycles. The van der Waals surface area contributed by atoms with Gasteiger partial charge in [-0.05, 0) is 56.4 Å². The van der Waals surface area contributed by atoms with Crippen molar-refractivity contribution in [3.63, 3.8) is 0 Å². The molecule has 0 saturated carbocycles. The van der Waals surface area contributed by atoms with Gasteiger partial charge < -0.3 is 0 Å². The molecule has 160 valence electrons. The van der Waals surface area contributed by atoms with Crippen molar-refractivity contribution in [2.75, 3.05) is 0 Å². The Morgan fingerprint density at radius 1 is 0.588 bits per heavy atom. The van der Waals surface area contributed by atoms with Crippen molar-refractivity contribution in [3.8, 4) is 22.4 Å². The average molecular weight is 473 g/mol. The summed E-state index contributed by atoms with van der Waals surface area (Å²) in [6, 6.07) is 36.5. The Hall–Kier alpha value is -3.79. The molecule has 0 bridgehead atoms. The lowest BCUT2D eigenvalue weighted by molar-refractivity contribution is 1.24. The van der Waals surface area contributed by atoms with Gasteiger partial charge in [0.2, 0.25) is 5.28 Å². The van der Waals surface area contributed by atoms with Crippen molar-refractivity contribution >= 4 is 64.8 Å². The zero-order chi connectivity index (χ0) is 22.6. The van der Waals surface area contributed by atoms with Crippen LogP contribution in [0.3, 0.4) is 0 Å². The van der Waals surface area contributed by atoms with Gasteiger partial charge >= 0.3 is 0 Å². The Morgan fingerprint density at radius 2 is 1.24 bits per heavy atom. The number of rotatable bonds is 2. The first-order valence-electron chi connectivity index (χ1n) is 11.1. The highest BCUT2D eigenvalue weighted by Gasteiger charge is 2.15. The Labute approximate surface area is 205 Å². The fourth-order valence-electron chi connectivity index (χ4n) is 4.91. The SMILES string of the molecule is Clc1nc(-c2ccc(-c3cc4ccccc4c4ccccc34)cc2)c2c(n1)sc1ccccc12. The maximum atomic E-state index is 6.33. The molecule has 2 nitrogen and oxygen atoms in total. The van der Waals surface area contributed by atoms with Crippen LogP contribution in [0.1, 0.15) is 0 Å². The molecule has 34 heavy (non-hydrogen) atoms. The first-order chi connectivity index (χ1) is 16.8. The van der Waals surface area contributed by atoms with Crippen LogP contribution in [-0.4, -0.2) is 9.97 Å². The lowest BCUT2D eigenvalue weighted by Gasteiger charge is -2.12. The number of nitrogens with zero attached hydrogens (tertiary/aromatic N) is 2. The zero-order valence-electron chi connectivity index (χ0n) is 18.0. The van der Waals surface area contributed by atoms with Gasteiger partial charge in [-0.3, -0.25) is 0 Å². The van der Waals surface area contributed by atoms with E-state index in [-0.39, 0.29) is 5.28 Å². The maximum absolute atomic E-state index is 6.33. The third kappa shape index (κ3) is 3.02. The number of fused-ring (bicyclic) bond motifs is 6. The molecule has 0 amide bonds. The molecule has 2 heterocycles. The summed E-state index contributed by atoms with van der Waals surface area (Å²) in [5.41, 5.74) is 4.32. The molecule has 0 aliphatic carbocycles. The van der Waals surface area contributed by atoms with E-state index in [1.807, 2.05) is 0 Å². The lowest BCUT2D eigenvalue weighted by atomic mass is 9.92. The van der Waals surface area contributed by atoms with E-state index in [4.69, 9.17) is 11.6 Å². The maximum Gasteiger partial charge on any atom is 0.224 e. The summed E-state index contributed by atoms with van der Waals surface area (Å²) in [4.78, 5) is 10.1. The number of hydrogen-bond acceptors (Lipinski definition) is 3. The second-order valence-corrected chi connectivity index (χ2v) is 9.76. The fourth-order valence-corrected chi connectivity index (χ4v) is 6.20. The Bertz CT molecular complexity index is 1870. The molecular weight excluding hydrogens is 456 g/mol. The molecule has 0 N–H and O–H groups in total. The topological polar surface area (TPSA) is 25.8 Å². The minimum Gasteiger partial charge on any atom is -0.217 e. The molecule has 0 aliphatic rings. The Morgan fingerprint density at radius 3 is 2.06 bits per heavy atom. The van der Waals surface area contributed by atoms with Crippen LogP contribution in [0.25, 0.3) is 64.2 Å². The Balaban J connectivity index is 1.43. The van der Waals surface area contributed by atoms with E-state index in [2.05, 4.69) is 113 Å². The van der Waals surface area contributed by atoms with Gasteiger partial charge in [0.05, 0.1) is 5.69 Å². The molecular formula is C30H17ClN2S. The molecule has 7 rings (SSSR count). The van der Waals surface area contributed by atoms with Crippen LogP contribution in [0.4, 0.5) is 0 Å². The highest BCUT2D eigenvalue weighted by molar-refractivity contribution is 7.25. The Kier molecular flexibility index (Phi) is 4.41. The van der Waals surface area contributed by atoms with Crippen LogP contribution in [0.15, 0.2) is 103 Å². The third-order valence-corrected chi connectivity index (χ3v) is 7.68. The number of aromatic nitrogens is 2. The van der Waals surface area contributed by atoms with E-state index in [0.717, 1.165) is 21.5 Å². The van der Waals surface area contributed by atoms with Crippen LogP contribution in [0.5, 0.6) is 0 Å². The summed E-state index contributed by atoms with van der Waals surface area (Å²) >= 11 is 7.99. The van der Waals surface area contributed by atoms with Gasteiger partial charge in [0, 0.05) is 21.0 Å². The van der Waals surface area contributed by atoms with Crippen LogP contribution in [0.2, 0.25) is 5.28 Å². The van der Waals surface area contributed by atoms with Gasteiger partial charge in [-0.1, -0.05) is 91.0 Å². The average Bonchev–Trinajstić information content (AvgIpc) is 3.26. The number of thiophene rings is 1. The molecule has 0 radical (unpaired) electrons. The van der Waals surface area contributed by atoms with Gasteiger partial charge in [-0.15, -0.1) is 11.3 Å². The highest BCUT2D eigenvalue weighted by atomic mass is 35.5. The van der Waals surface area contributed by atoms with Crippen molar-refractivity contribution in [2.45, 2.75) is 0 Å². The van der Waals surface area contributed by atoms with E-state index in [1.54, 1.807) is 11.3 Å². The summed E-state index contributed by atoms with van der Waals surface area (Å²) in [5, 5.41) is 7.56.